The Kier molecular flexibility index (Phi) is 5.05. The number of primary amides is 1. The molecule has 2 fully saturated rings. The van der Waals surface area contributed by atoms with Crippen LogP contribution >= 0.6 is 15.9 Å². The van der Waals surface area contributed by atoms with Crippen molar-refractivity contribution in [2.75, 3.05) is 37.7 Å². The second kappa shape index (κ2) is 7.06. The second-order valence-electron chi connectivity index (χ2n) is 5.96. The third-order valence-corrected chi connectivity index (χ3v) is 4.88. The molecule has 6 nitrogen and oxygen atoms in total. The van der Waals surface area contributed by atoms with Crippen molar-refractivity contribution in [3.63, 3.8) is 0 Å². The van der Waals surface area contributed by atoms with Gasteiger partial charge >= 0.3 is 0 Å². The number of carbonyl (C=O) groups excluding carboxylic acids is 2. The van der Waals surface area contributed by atoms with E-state index in [4.69, 9.17) is 10.5 Å². The van der Waals surface area contributed by atoms with Crippen LogP contribution in [0.3, 0.4) is 0 Å². The lowest BCUT2D eigenvalue weighted by molar-refractivity contribution is -0.141. The van der Waals surface area contributed by atoms with Crippen LogP contribution < -0.4 is 10.6 Å². The number of benzene rings is 1. The molecule has 0 radical (unpaired) electrons. The number of ether oxygens (including phenoxy) is 1. The Bertz CT molecular complexity index is 656. The van der Waals surface area contributed by atoms with Gasteiger partial charge in [-0.2, -0.15) is 0 Å². The van der Waals surface area contributed by atoms with Gasteiger partial charge in [-0.1, -0.05) is 15.9 Å². The molecule has 1 aromatic carbocycles. The highest BCUT2D eigenvalue weighted by atomic mass is 79.9. The van der Waals surface area contributed by atoms with E-state index in [1.54, 1.807) is 11.0 Å². The summed E-state index contributed by atoms with van der Waals surface area (Å²) in [6.07, 6.45) is 1.35. The lowest BCUT2D eigenvalue weighted by Gasteiger charge is -2.37. The summed E-state index contributed by atoms with van der Waals surface area (Å²) in [6, 6.07) is 2.90. The molecule has 2 aliphatic rings. The number of halogens is 2. The van der Waals surface area contributed by atoms with Crippen molar-refractivity contribution in [3.05, 3.63) is 28.0 Å². The van der Waals surface area contributed by atoms with Crippen molar-refractivity contribution < 1.29 is 18.7 Å². The average Bonchev–Trinajstić information content (AvgIpc) is 3.07. The zero-order chi connectivity index (χ0) is 17.3. The fourth-order valence-corrected chi connectivity index (χ4v) is 3.61. The number of nitrogens with two attached hydrogens (primary N) is 1. The summed E-state index contributed by atoms with van der Waals surface area (Å²) >= 11 is 3.24. The number of hydrogen-bond acceptors (Lipinski definition) is 4. The minimum Gasteiger partial charge on any atom is -0.368 e. The number of piperazine rings is 1. The van der Waals surface area contributed by atoms with Gasteiger partial charge in [0, 0.05) is 37.3 Å². The molecule has 2 saturated heterocycles. The van der Waals surface area contributed by atoms with Crippen molar-refractivity contribution in [1.29, 1.82) is 0 Å². The first kappa shape index (κ1) is 17.2. The van der Waals surface area contributed by atoms with Crippen LogP contribution in [0, 0.1) is 5.82 Å². The lowest BCUT2D eigenvalue weighted by Crippen LogP contribution is -2.51. The molecule has 2 N–H and O–H groups in total. The largest absolute Gasteiger partial charge is 0.368 e. The van der Waals surface area contributed by atoms with E-state index in [1.165, 1.54) is 6.07 Å². The van der Waals surface area contributed by atoms with Crippen molar-refractivity contribution in [2.24, 2.45) is 5.73 Å². The van der Waals surface area contributed by atoms with Crippen LogP contribution in [0.4, 0.5) is 10.1 Å². The molecular weight excluding hydrogens is 381 g/mol. The zero-order valence-electron chi connectivity index (χ0n) is 13.1. The standard InChI is InChI=1S/C16H19BrFN3O3/c17-10-8-11(18)14(15(19)22)12(9-10)20-3-5-21(6-4-20)16(23)13-2-1-7-24-13/h8-9,13H,1-7H2,(H2,19,22). The van der Waals surface area contributed by atoms with Crippen molar-refractivity contribution in [3.8, 4) is 0 Å². The topological polar surface area (TPSA) is 75.9 Å². The molecule has 24 heavy (non-hydrogen) atoms. The van der Waals surface area contributed by atoms with Gasteiger partial charge in [0.15, 0.2) is 0 Å². The monoisotopic (exact) mass is 399 g/mol. The Hall–Kier alpha value is -1.67. The van der Waals surface area contributed by atoms with E-state index in [0.29, 0.717) is 42.9 Å². The second-order valence-corrected chi connectivity index (χ2v) is 6.88. The third-order valence-electron chi connectivity index (χ3n) is 4.42. The van der Waals surface area contributed by atoms with Gasteiger partial charge in [0.1, 0.15) is 11.9 Å². The van der Waals surface area contributed by atoms with E-state index in [0.717, 1.165) is 12.8 Å². The molecule has 2 amide bonds. The predicted octanol–water partition coefficient (Wildman–Crippen LogP) is 1.51. The summed E-state index contributed by atoms with van der Waals surface area (Å²) in [6.45, 7) is 2.66. The van der Waals surface area contributed by atoms with E-state index in [9.17, 15) is 14.0 Å². The molecule has 0 saturated carbocycles. The summed E-state index contributed by atoms with van der Waals surface area (Å²) in [5, 5.41) is 0. The Morgan fingerprint density at radius 1 is 1.25 bits per heavy atom. The van der Waals surface area contributed by atoms with E-state index < -0.39 is 11.7 Å². The first-order valence-corrected chi connectivity index (χ1v) is 8.71. The molecule has 1 aromatic rings. The quantitative estimate of drug-likeness (QED) is 0.835. The number of amides is 2. The molecule has 2 aliphatic heterocycles. The number of hydrogen-bond donors (Lipinski definition) is 1. The average molecular weight is 400 g/mol. The SMILES string of the molecule is NC(=O)c1c(F)cc(Br)cc1N1CCN(C(=O)C2CCCO2)CC1. The minimum atomic E-state index is -0.798. The van der Waals surface area contributed by atoms with Gasteiger partial charge in [-0.3, -0.25) is 9.59 Å². The first-order valence-electron chi connectivity index (χ1n) is 7.91. The van der Waals surface area contributed by atoms with E-state index in [2.05, 4.69) is 15.9 Å². The summed E-state index contributed by atoms with van der Waals surface area (Å²) in [7, 11) is 0. The van der Waals surface area contributed by atoms with Gasteiger partial charge in [0.25, 0.3) is 11.8 Å². The lowest BCUT2D eigenvalue weighted by atomic mass is 10.1. The Labute approximate surface area is 147 Å². The molecule has 0 aromatic heterocycles. The van der Waals surface area contributed by atoms with Crippen LogP contribution in [0.1, 0.15) is 23.2 Å². The smallest absolute Gasteiger partial charge is 0.253 e. The van der Waals surface area contributed by atoms with Gasteiger partial charge < -0.3 is 20.3 Å². The molecular formula is C16H19BrFN3O3. The van der Waals surface area contributed by atoms with Crippen LogP contribution in [-0.2, 0) is 9.53 Å². The van der Waals surface area contributed by atoms with E-state index in [-0.39, 0.29) is 17.6 Å². The van der Waals surface area contributed by atoms with Crippen LogP contribution in [0.5, 0.6) is 0 Å². The summed E-state index contributed by atoms with van der Waals surface area (Å²) in [5.74, 6) is -1.43. The summed E-state index contributed by atoms with van der Waals surface area (Å²) in [4.78, 5) is 27.6. The minimum absolute atomic E-state index is 0.0164. The van der Waals surface area contributed by atoms with Crippen molar-refractivity contribution in [2.45, 2.75) is 18.9 Å². The van der Waals surface area contributed by atoms with Crippen molar-refractivity contribution >= 4 is 33.4 Å². The fourth-order valence-electron chi connectivity index (χ4n) is 3.20. The zero-order valence-corrected chi connectivity index (χ0v) is 14.7. The van der Waals surface area contributed by atoms with Crippen LogP contribution in [0.2, 0.25) is 0 Å². The highest BCUT2D eigenvalue weighted by Gasteiger charge is 2.31. The Morgan fingerprint density at radius 3 is 2.54 bits per heavy atom. The fraction of sp³-hybridized carbons (Fsp3) is 0.500. The third kappa shape index (κ3) is 3.39. The van der Waals surface area contributed by atoms with Crippen LogP contribution in [0.15, 0.2) is 16.6 Å². The summed E-state index contributed by atoms with van der Waals surface area (Å²) < 4.78 is 20.1. The summed E-state index contributed by atoms with van der Waals surface area (Å²) in [5.41, 5.74) is 5.67. The molecule has 1 atom stereocenters. The highest BCUT2D eigenvalue weighted by Crippen LogP contribution is 2.29. The Balaban J connectivity index is 1.73. The van der Waals surface area contributed by atoms with Crippen LogP contribution in [0.25, 0.3) is 0 Å². The Morgan fingerprint density at radius 2 is 1.96 bits per heavy atom. The molecule has 0 aliphatic carbocycles. The normalized spacial score (nSPS) is 21.2. The number of rotatable bonds is 3. The van der Waals surface area contributed by atoms with Crippen LogP contribution in [-0.4, -0.2) is 55.6 Å². The number of carbonyl (C=O) groups is 2. The molecule has 130 valence electrons. The predicted molar refractivity (Wildman–Crippen MR) is 90.4 cm³/mol. The molecule has 0 bridgehead atoms. The molecule has 8 heteroatoms. The van der Waals surface area contributed by atoms with E-state index >= 15 is 0 Å². The van der Waals surface area contributed by atoms with Gasteiger partial charge in [0.05, 0.1) is 11.3 Å². The maximum atomic E-state index is 14.1. The number of anilines is 1. The van der Waals surface area contributed by atoms with E-state index in [1.807, 2.05) is 4.90 Å². The maximum Gasteiger partial charge on any atom is 0.253 e. The molecule has 0 spiro atoms. The van der Waals surface area contributed by atoms with Gasteiger partial charge in [-0.25, -0.2) is 4.39 Å². The van der Waals surface area contributed by atoms with Gasteiger partial charge in [0.2, 0.25) is 0 Å². The highest BCUT2D eigenvalue weighted by molar-refractivity contribution is 9.10. The number of nitrogens with zero attached hydrogens (tertiary/aromatic N) is 2. The van der Waals surface area contributed by atoms with Crippen molar-refractivity contribution in [1.82, 2.24) is 4.90 Å². The first-order chi connectivity index (χ1) is 11.5. The maximum absolute atomic E-state index is 14.1. The van der Waals surface area contributed by atoms with Gasteiger partial charge in [-0.05, 0) is 25.0 Å². The molecule has 2 heterocycles. The molecule has 1 unspecified atom stereocenters. The molecule has 3 rings (SSSR count). The van der Waals surface area contributed by atoms with Gasteiger partial charge in [-0.15, -0.1) is 0 Å².